The van der Waals surface area contributed by atoms with E-state index in [4.69, 9.17) is 5.11 Å². The minimum atomic E-state index is -0.437. The number of hydrogen-bond donors (Lipinski definition) is 1. The van der Waals surface area contributed by atoms with Crippen LogP contribution >= 0.6 is 0 Å². The van der Waals surface area contributed by atoms with Crippen molar-refractivity contribution in [3.05, 3.63) is 12.2 Å². The zero-order valence-electron chi connectivity index (χ0n) is 6.29. The summed E-state index contributed by atoms with van der Waals surface area (Å²) in [4.78, 5) is 11.1. The van der Waals surface area contributed by atoms with Gasteiger partial charge in [0.2, 0.25) is 0 Å². The normalized spacial score (nSPS) is 30.7. The van der Waals surface area contributed by atoms with Gasteiger partial charge < -0.3 is 5.11 Å². The number of carbonyl (C=O) groups excluding carboxylic acids is 1. The first-order chi connectivity index (χ1) is 4.52. The van der Waals surface area contributed by atoms with Gasteiger partial charge in [-0.25, -0.2) is 0 Å². The lowest BCUT2D eigenvalue weighted by Crippen LogP contribution is -2.30. The van der Waals surface area contributed by atoms with Crippen molar-refractivity contribution in [2.75, 3.05) is 0 Å². The quantitative estimate of drug-likeness (QED) is 0.543. The smallest absolute Gasteiger partial charge is 0.161 e. The van der Waals surface area contributed by atoms with Crippen molar-refractivity contribution in [2.24, 2.45) is 5.41 Å². The second-order valence-corrected chi connectivity index (χ2v) is 3.38. The molecule has 0 heterocycles. The van der Waals surface area contributed by atoms with Crippen molar-refractivity contribution in [2.45, 2.75) is 26.4 Å². The van der Waals surface area contributed by atoms with Gasteiger partial charge in [-0.1, -0.05) is 19.9 Å². The summed E-state index contributed by atoms with van der Waals surface area (Å²) in [5, 5.41) is 9.12. The highest BCUT2D eigenvalue weighted by Gasteiger charge is 2.30. The molecular weight excluding hydrogens is 128 g/mol. The molecule has 0 aromatic rings. The van der Waals surface area contributed by atoms with E-state index in [1.165, 1.54) is 6.08 Å². The molecule has 0 aromatic heterocycles. The second kappa shape index (κ2) is 2.20. The summed E-state index contributed by atoms with van der Waals surface area (Å²) in [7, 11) is 0. The Balaban J connectivity index is 2.82. The number of ketones is 1. The topological polar surface area (TPSA) is 37.3 Å². The lowest BCUT2D eigenvalue weighted by atomic mass is 9.79. The van der Waals surface area contributed by atoms with Crippen LogP contribution in [0.15, 0.2) is 12.2 Å². The second-order valence-electron chi connectivity index (χ2n) is 3.38. The SMILES string of the molecule is CC1(C)CC(O)C=CC1=O. The van der Waals surface area contributed by atoms with Crippen LogP contribution in [0.5, 0.6) is 0 Å². The number of aliphatic hydroxyl groups excluding tert-OH is 1. The Morgan fingerprint density at radius 2 is 2.30 bits per heavy atom. The number of allylic oxidation sites excluding steroid dienone is 1. The first kappa shape index (κ1) is 7.48. The van der Waals surface area contributed by atoms with Gasteiger partial charge in [-0.3, -0.25) is 4.79 Å². The van der Waals surface area contributed by atoms with Crippen molar-refractivity contribution in [3.63, 3.8) is 0 Å². The number of carbonyl (C=O) groups is 1. The van der Waals surface area contributed by atoms with Gasteiger partial charge in [-0.05, 0) is 12.5 Å². The molecule has 0 fully saturated rings. The molecule has 0 aromatic carbocycles. The molecule has 1 unspecified atom stereocenters. The van der Waals surface area contributed by atoms with Crippen LogP contribution in [0.4, 0.5) is 0 Å². The Morgan fingerprint density at radius 3 is 2.70 bits per heavy atom. The molecule has 0 saturated heterocycles. The average Bonchev–Trinajstić information content (AvgIpc) is 1.78. The summed E-state index contributed by atoms with van der Waals surface area (Å²) in [6.45, 7) is 3.70. The van der Waals surface area contributed by atoms with Gasteiger partial charge in [0.25, 0.3) is 0 Å². The van der Waals surface area contributed by atoms with Gasteiger partial charge in [0.1, 0.15) is 0 Å². The predicted molar refractivity (Wildman–Crippen MR) is 38.6 cm³/mol. The molecule has 1 aliphatic rings. The summed E-state index contributed by atoms with van der Waals surface area (Å²) in [6, 6.07) is 0. The third-order valence-corrected chi connectivity index (χ3v) is 1.86. The average molecular weight is 140 g/mol. The van der Waals surface area contributed by atoms with Crippen LogP contribution in [0, 0.1) is 5.41 Å². The predicted octanol–water partition coefficient (Wildman–Crippen LogP) is 0.902. The highest BCUT2D eigenvalue weighted by Crippen LogP contribution is 2.27. The fourth-order valence-electron chi connectivity index (χ4n) is 1.12. The third kappa shape index (κ3) is 1.27. The summed E-state index contributed by atoms with van der Waals surface area (Å²) in [6.07, 6.45) is 3.12. The monoisotopic (exact) mass is 140 g/mol. The van der Waals surface area contributed by atoms with E-state index >= 15 is 0 Å². The zero-order chi connectivity index (χ0) is 7.78. The fraction of sp³-hybridized carbons (Fsp3) is 0.625. The van der Waals surface area contributed by atoms with Crippen molar-refractivity contribution in [1.82, 2.24) is 0 Å². The molecular formula is C8H12O2. The van der Waals surface area contributed by atoms with E-state index < -0.39 is 6.10 Å². The van der Waals surface area contributed by atoms with Gasteiger partial charge in [0, 0.05) is 5.41 Å². The van der Waals surface area contributed by atoms with Gasteiger partial charge in [-0.2, -0.15) is 0 Å². The number of aliphatic hydroxyl groups is 1. The largest absolute Gasteiger partial charge is 0.389 e. The highest BCUT2D eigenvalue weighted by molar-refractivity contribution is 5.95. The molecule has 0 saturated carbocycles. The molecule has 0 radical (unpaired) electrons. The molecule has 1 atom stereocenters. The van der Waals surface area contributed by atoms with E-state index in [2.05, 4.69) is 0 Å². The Morgan fingerprint density at radius 1 is 1.70 bits per heavy atom. The first-order valence-electron chi connectivity index (χ1n) is 3.43. The molecule has 56 valence electrons. The molecule has 2 heteroatoms. The van der Waals surface area contributed by atoms with Gasteiger partial charge in [0.15, 0.2) is 5.78 Å². The van der Waals surface area contributed by atoms with Crippen molar-refractivity contribution in [1.29, 1.82) is 0 Å². The molecule has 2 nitrogen and oxygen atoms in total. The standard InChI is InChI=1S/C8H12O2/c1-8(2)5-6(9)3-4-7(8)10/h3-4,6,9H,5H2,1-2H3. The van der Waals surface area contributed by atoms with Gasteiger partial charge in [0.05, 0.1) is 6.10 Å². The van der Waals surface area contributed by atoms with Crippen LogP contribution < -0.4 is 0 Å². The molecule has 1 rings (SSSR count). The maximum absolute atomic E-state index is 11.1. The molecule has 0 aliphatic heterocycles. The summed E-state index contributed by atoms with van der Waals surface area (Å²) < 4.78 is 0. The molecule has 10 heavy (non-hydrogen) atoms. The Bertz CT molecular complexity index is 180. The first-order valence-corrected chi connectivity index (χ1v) is 3.43. The minimum absolute atomic E-state index is 0.109. The van der Waals surface area contributed by atoms with E-state index in [9.17, 15) is 4.79 Å². The maximum atomic E-state index is 11.1. The Labute approximate surface area is 60.6 Å². The van der Waals surface area contributed by atoms with E-state index in [-0.39, 0.29) is 11.2 Å². The van der Waals surface area contributed by atoms with Crippen LogP contribution in [-0.4, -0.2) is 17.0 Å². The van der Waals surface area contributed by atoms with E-state index in [1.54, 1.807) is 6.08 Å². The highest BCUT2D eigenvalue weighted by atomic mass is 16.3. The van der Waals surface area contributed by atoms with E-state index in [0.717, 1.165) is 0 Å². The zero-order valence-corrected chi connectivity index (χ0v) is 6.29. The number of hydrogen-bond acceptors (Lipinski definition) is 2. The lowest BCUT2D eigenvalue weighted by Gasteiger charge is -2.26. The van der Waals surface area contributed by atoms with Crippen LogP contribution in [-0.2, 0) is 4.79 Å². The molecule has 0 spiro atoms. The van der Waals surface area contributed by atoms with Crippen molar-refractivity contribution >= 4 is 5.78 Å². The summed E-state index contributed by atoms with van der Waals surface area (Å²) >= 11 is 0. The molecule has 1 N–H and O–H groups in total. The third-order valence-electron chi connectivity index (χ3n) is 1.86. The molecule has 0 bridgehead atoms. The van der Waals surface area contributed by atoms with E-state index in [1.807, 2.05) is 13.8 Å². The number of rotatable bonds is 0. The van der Waals surface area contributed by atoms with Gasteiger partial charge in [-0.15, -0.1) is 0 Å². The lowest BCUT2D eigenvalue weighted by molar-refractivity contribution is -0.124. The summed E-state index contributed by atoms with van der Waals surface area (Å²) in [5.74, 6) is 0.109. The van der Waals surface area contributed by atoms with Crippen LogP contribution in [0.3, 0.4) is 0 Å². The van der Waals surface area contributed by atoms with Gasteiger partial charge >= 0.3 is 0 Å². The van der Waals surface area contributed by atoms with Crippen LogP contribution in [0.25, 0.3) is 0 Å². The van der Waals surface area contributed by atoms with E-state index in [0.29, 0.717) is 6.42 Å². The minimum Gasteiger partial charge on any atom is -0.389 e. The van der Waals surface area contributed by atoms with Crippen molar-refractivity contribution in [3.8, 4) is 0 Å². The molecule has 0 amide bonds. The summed E-state index contributed by atoms with van der Waals surface area (Å²) in [5.41, 5.74) is -0.367. The Kier molecular flexibility index (Phi) is 1.65. The van der Waals surface area contributed by atoms with Crippen LogP contribution in [0.2, 0.25) is 0 Å². The Hall–Kier alpha value is -0.630. The van der Waals surface area contributed by atoms with Crippen LogP contribution in [0.1, 0.15) is 20.3 Å². The maximum Gasteiger partial charge on any atom is 0.161 e. The fourth-order valence-corrected chi connectivity index (χ4v) is 1.12. The van der Waals surface area contributed by atoms with Crippen molar-refractivity contribution < 1.29 is 9.90 Å². The molecule has 1 aliphatic carbocycles.